The second-order valence-corrected chi connectivity index (χ2v) is 7.68. The summed E-state index contributed by atoms with van der Waals surface area (Å²) in [5, 5.41) is 3.91. The first-order valence-corrected chi connectivity index (χ1v) is 10.2. The quantitative estimate of drug-likeness (QED) is 0.660. The maximum Gasteiger partial charge on any atom is 0.298 e. The van der Waals surface area contributed by atoms with Gasteiger partial charge in [0.25, 0.3) is 6.01 Å². The van der Waals surface area contributed by atoms with E-state index in [0.29, 0.717) is 11.0 Å². The van der Waals surface area contributed by atoms with E-state index < -0.39 is 0 Å². The van der Waals surface area contributed by atoms with E-state index in [2.05, 4.69) is 22.1 Å². The zero-order valence-electron chi connectivity index (χ0n) is 15.9. The van der Waals surface area contributed by atoms with Crippen LogP contribution in [-0.4, -0.2) is 24.0 Å². The van der Waals surface area contributed by atoms with Gasteiger partial charge in [0.05, 0.1) is 6.04 Å². The van der Waals surface area contributed by atoms with Crippen molar-refractivity contribution in [1.82, 2.24) is 10.3 Å². The Labute approximate surface area is 169 Å². The normalized spacial score (nSPS) is 16.3. The van der Waals surface area contributed by atoms with Gasteiger partial charge in [-0.15, -0.1) is 0 Å². The molecule has 5 nitrogen and oxygen atoms in total. The third-order valence-corrected chi connectivity index (χ3v) is 5.67. The van der Waals surface area contributed by atoms with Gasteiger partial charge in [0.1, 0.15) is 5.52 Å². The zero-order chi connectivity index (χ0) is 19.5. The average Bonchev–Trinajstić information content (AvgIpc) is 3.17. The summed E-state index contributed by atoms with van der Waals surface area (Å²) >= 11 is 5.97. The highest BCUT2D eigenvalue weighted by atomic mass is 35.5. The molecule has 1 aliphatic rings. The number of nitrogens with one attached hydrogen (secondary N) is 1. The largest absolute Gasteiger partial charge is 0.423 e. The Morgan fingerprint density at radius 3 is 2.61 bits per heavy atom. The number of piperidine rings is 1. The van der Waals surface area contributed by atoms with Crippen molar-refractivity contribution >= 4 is 34.6 Å². The molecule has 1 atom stereocenters. The van der Waals surface area contributed by atoms with Crippen molar-refractivity contribution in [2.75, 3.05) is 18.0 Å². The highest BCUT2D eigenvalue weighted by Gasteiger charge is 2.28. The van der Waals surface area contributed by atoms with Crippen LogP contribution in [0, 0.1) is 5.92 Å². The molecule has 146 valence electrons. The number of carbonyl (C=O) groups excluding carboxylic acids is 1. The van der Waals surface area contributed by atoms with Gasteiger partial charge in [-0.05, 0) is 49.1 Å². The van der Waals surface area contributed by atoms with E-state index in [0.717, 1.165) is 49.0 Å². The number of aromatic nitrogens is 1. The standard InChI is InChI=1S/C22H24ClN3O2/c1-2-18(15-7-9-17(23)10-8-15)24-21(27)16-11-13-26(14-12-16)22-25-19-5-3-4-6-20(19)28-22/h3-10,16,18H,2,11-14H2,1H3,(H,24,27). The van der Waals surface area contributed by atoms with E-state index in [9.17, 15) is 4.79 Å². The van der Waals surface area contributed by atoms with Gasteiger partial charge in [0.15, 0.2) is 5.58 Å². The smallest absolute Gasteiger partial charge is 0.298 e. The van der Waals surface area contributed by atoms with Crippen molar-refractivity contribution in [2.24, 2.45) is 5.92 Å². The highest BCUT2D eigenvalue weighted by molar-refractivity contribution is 6.30. The van der Waals surface area contributed by atoms with Gasteiger partial charge in [-0.25, -0.2) is 0 Å². The second kappa shape index (κ2) is 8.23. The van der Waals surface area contributed by atoms with Crippen molar-refractivity contribution in [3.8, 4) is 0 Å². The van der Waals surface area contributed by atoms with Crippen LogP contribution in [0.3, 0.4) is 0 Å². The molecule has 2 heterocycles. The van der Waals surface area contributed by atoms with Crippen LogP contribution in [0.5, 0.6) is 0 Å². The summed E-state index contributed by atoms with van der Waals surface area (Å²) < 4.78 is 5.86. The number of oxazole rings is 1. The van der Waals surface area contributed by atoms with E-state index in [4.69, 9.17) is 16.0 Å². The molecule has 6 heteroatoms. The molecule has 0 aliphatic carbocycles. The van der Waals surface area contributed by atoms with Crippen molar-refractivity contribution in [3.05, 3.63) is 59.1 Å². The molecule has 0 radical (unpaired) electrons. The van der Waals surface area contributed by atoms with Crippen LogP contribution in [-0.2, 0) is 4.79 Å². The van der Waals surface area contributed by atoms with E-state index in [1.165, 1.54) is 0 Å². The van der Waals surface area contributed by atoms with Crippen LogP contribution >= 0.6 is 11.6 Å². The second-order valence-electron chi connectivity index (χ2n) is 7.25. The lowest BCUT2D eigenvalue weighted by Gasteiger charge is -2.31. The lowest BCUT2D eigenvalue weighted by molar-refractivity contribution is -0.126. The van der Waals surface area contributed by atoms with E-state index in [1.54, 1.807) is 0 Å². The van der Waals surface area contributed by atoms with Gasteiger partial charge in [-0.3, -0.25) is 4.79 Å². The number of anilines is 1. The molecular weight excluding hydrogens is 374 g/mol. The van der Waals surface area contributed by atoms with E-state index in [-0.39, 0.29) is 17.9 Å². The SMILES string of the molecule is CCC(NC(=O)C1CCN(c2nc3ccccc3o2)CC1)c1ccc(Cl)cc1. The molecular formula is C22H24ClN3O2. The summed E-state index contributed by atoms with van der Waals surface area (Å²) in [6.45, 7) is 3.61. The molecule has 1 unspecified atom stereocenters. The first kappa shape index (κ1) is 18.8. The first-order chi connectivity index (χ1) is 13.6. The third kappa shape index (κ3) is 3.99. The van der Waals surface area contributed by atoms with Crippen molar-refractivity contribution in [2.45, 2.75) is 32.2 Å². The first-order valence-electron chi connectivity index (χ1n) is 9.80. The molecule has 1 amide bonds. The van der Waals surface area contributed by atoms with Gasteiger partial charge in [0, 0.05) is 24.0 Å². The molecule has 0 spiro atoms. The van der Waals surface area contributed by atoms with Crippen molar-refractivity contribution in [3.63, 3.8) is 0 Å². The Morgan fingerprint density at radius 2 is 1.93 bits per heavy atom. The molecule has 1 N–H and O–H groups in total. The molecule has 1 aromatic heterocycles. The fraction of sp³-hybridized carbons (Fsp3) is 0.364. The molecule has 1 aliphatic heterocycles. The molecule has 2 aromatic carbocycles. The monoisotopic (exact) mass is 397 g/mol. The molecule has 0 saturated carbocycles. The Morgan fingerprint density at radius 1 is 1.21 bits per heavy atom. The highest BCUT2D eigenvalue weighted by Crippen LogP contribution is 2.27. The van der Waals surface area contributed by atoms with Gasteiger partial charge < -0.3 is 14.6 Å². The number of fused-ring (bicyclic) bond motifs is 1. The van der Waals surface area contributed by atoms with Crippen LogP contribution in [0.4, 0.5) is 6.01 Å². The number of carbonyl (C=O) groups is 1. The molecule has 0 bridgehead atoms. The van der Waals surface area contributed by atoms with Gasteiger partial charge in [0.2, 0.25) is 5.91 Å². The molecule has 4 rings (SSSR count). The van der Waals surface area contributed by atoms with Gasteiger partial charge >= 0.3 is 0 Å². The van der Waals surface area contributed by atoms with Crippen LogP contribution in [0.1, 0.15) is 37.8 Å². The third-order valence-electron chi connectivity index (χ3n) is 5.42. The summed E-state index contributed by atoms with van der Waals surface area (Å²) in [5.41, 5.74) is 2.75. The minimum Gasteiger partial charge on any atom is -0.423 e. The van der Waals surface area contributed by atoms with Gasteiger partial charge in [-0.1, -0.05) is 42.8 Å². The Kier molecular flexibility index (Phi) is 5.53. The zero-order valence-corrected chi connectivity index (χ0v) is 16.7. The number of amides is 1. The van der Waals surface area contributed by atoms with Crippen molar-refractivity contribution < 1.29 is 9.21 Å². The van der Waals surface area contributed by atoms with E-state index in [1.807, 2.05) is 48.5 Å². The predicted octanol–water partition coefficient (Wildman–Crippen LogP) is 4.97. The number of benzene rings is 2. The van der Waals surface area contributed by atoms with Crippen LogP contribution in [0.25, 0.3) is 11.1 Å². The number of halogens is 1. The van der Waals surface area contributed by atoms with Crippen LogP contribution < -0.4 is 10.2 Å². The summed E-state index contributed by atoms with van der Waals surface area (Å²) in [6, 6.07) is 16.1. The lowest BCUT2D eigenvalue weighted by atomic mass is 9.95. The number of hydrogen-bond acceptors (Lipinski definition) is 4. The summed E-state index contributed by atoms with van der Waals surface area (Å²) in [6.07, 6.45) is 2.43. The van der Waals surface area contributed by atoms with E-state index >= 15 is 0 Å². The number of nitrogens with zero attached hydrogens (tertiary/aromatic N) is 2. The molecule has 28 heavy (non-hydrogen) atoms. The predicted molar refractivity (Wildman–Crippen MR) is 112 cm³/mol. The minimum atomic E-state index is 0.0137. The maximum atomic E-state index is 12.8. The van der Waals surface area contributed by atoms with Crippen LogP contribution in [0.2, 0.25) is 5.02 Å². The summed E-state index contributed by atoms with van der Waals surface area (Å²) in [7, 11) is 0. The fourth-order valence-corrected chi connectivity index (χ4v) is 3.86. The van der Waals surface area contributed by atoms with Gasteiger partial charge in [-0.2, -0.15) is 4.98 Å². The van der Waals surface area contributed by atoms with Crippen LogP contribution in [0.15, 0.2) is 52.9 Å². The summed E-state index contributed by atoms with van der Waals surface area (Å²) in [5.74, 6) is 0.140. The summed E-state index contributed by atoms with van der Waals surface area (Å²) in [4.78, 5) is 19.5. The number of para-hydroxylation sites is 2. The maximum absolute atomic E-state index is 12.8. The lowest BCUT2D eigenvalue weighted by Crippen LogP contribution is -2.41. The van der Waals surface area contributed by atoms with Crippen molar-refractivity contribution in [1.29, 1.82) is 0 Å². The minimum absolute atomic E-state index is 0.0137. The Hall–Kier alpha value is -2.53. The fourth-order valence-electron chi connectivity index (χ4n) is 3.73. The Balaban J connectivity index is 1.36. The average molecular weight is 398 g/mol. The molecule has 3 aromatic rings. The Bertz CT molecular complexity index is 913. The molecule has 1 saturated heterocycles. The number of hydrogen-bond donors (Lipinski definition) is 1. The topological polar surface area (TPSA) is 58.4 Å². The molecule has 1 fully saturated rings. The number of rotatable bonds is 5.